The molecule has 1 saturated heterocycles. The Hall–Kier alpha value is -2.81. The molecule has 138 valence electrons. The van der Waals surface area contributed by atoms with Crippen molar-refractivity contribution in [2.45, 2.75) is 6.36 Å². The van der Waals surface area contributed by atoms with Gasteiger partial charge in [0.25, 0.3) is 5.91 Å². The molecule has 1 aromatic carbocycles. The molecule has 1 aliphatic rings. The van der Waals surface area contributed by atoms with Gasteiger partial charge in [-0.25, -0.2) is 4.98 Å². The fraction of sp³-hybridized carbons (Fsp3) is 0.294. The van der Waals surface area contributed by atoms with Gasteiger partial charge < -0.3 is 20.1 Å². The highest BCUT2D eigenvalue weighted by Gasteiger charge is 2.31. The van der Waals surface area contributed by atoms with Crippen LogP contribution in [0, 0.1) is 5.92 Å². The third-order valence-corrected chi connectivity index (χ3v) is 3.66. The van der Waals surface area contributed by atoms with Crippen LogP contribution >= 0.6 is 0 Å². The molecule has 0 spiro atoms. The van der Waals surface area contributed by atoms with Crippen molar-refractivity contribution >= 4 is 17.4 Å². The Bertz CT molecular complexity index is 762. The highest BCUT2D eigenvalue weighted by atomic mass is 19.4. The third kappa shape index (κ3) is 4.85. The summed E-state index contributed by atoms with van der Waals surface area (Å²) >= 11 is 0. The Kier molecular flexibility index (Phi) is 5.27. The maximum atomic E-state index is 12.4. The highest BCUT2D eigenvalue weighted by Crippen LogP contribution is 2.24. The molecular weight excluding hydrogens is 351 g/mol. The van der Waals surface area contributed by atoms with Gasteiger partial charge in [-0.3, -0.25) is 4.79 Å². The zero-order valence-electron chi connectivity index (χ0n) is 13.5. The maximum Gasteiger partial charge on any atom is 0.573 e. The first-order valence-corrected chi connectivity index (χ1v) is 7.84. The summed E-state index contributed by atoms with van der Waals surface area (Å²) in [6.45, 7) is 1.99. The van der Waals surface area contributed by atoms with Gasteiger partial charge in [0.1, 0.15) is 11.6 Å². The van der Waals surface area contributed by atoms with Crippen molar-refractivity contribution in [3.63, 3.8) is 0 Å². The van der Waals surface area contributed by atoms with E-state index in [1.54, 1.807) is 18.3 Å². The normalized spacial score (nSPS) is 14.4. The van der Waals surface area contributed by atoms with Crippen molar-refractivity contribution < 1.29 is 27.4 Å². The first kappa shape index (κ1) is 18.0. The predicted molar refractivity (Wildman–Crippen MR) is 88.1 cm³/mol. The number of carbonyl (C=O) groups is 1. The van der Waals surface area contributed by atoms with Crippen LogP contribution in [0.2, 0.25) is 0 Å². The average Bonchev–Trinajstić information content (AvgIpc) is 2.54. The second-order valence-corrected chi connectivity index (χ2v) is 5.71. The fourth-order valence-electron chi connectivity index (χ4n) is 2.31. The lowest BCUT2D eigenvalue weighted by Gasteiger charge is -2.26. The molecule has 0 aliphatic carbocycles. The molecular formula is C17H16F3N3O3. The summed E-state index contributed by atoms with van der Waals surface area (Å²) in [5.41, 5.74) is 0.676. The largest absolute Gasteiger partial charge is 0.573 e. The molecule has 0 bridgehead atoms. The number of carbonyl (C=O) groups excluding carboxylic acids is 1. The summed E-state index contributed by atoms with van der Waals surface area (Å²) in [6.07, 6.45) is -3.19. The molecule has 26 heavy (non-hydrogen) atoms. The predicted octanol–water partition coefficient (Wildman–Crippen LogP) is 3.29. The molecule has 0 atom stereocenters. The summed E-state index contributed by atoms with van der Waals surface area (Å²) in [5, 5.41) is 5.74. The number of nitrogens with zero attached hydrogens (tertiary/aromatic N) is 1. The molecule has 6 nitrogen and oxygen atoms in total. The van der Waals surface area contributed by atoms with E-state index in [4.69, 9.17) is 4.74 Å². The van der Waals surface area contributed by atoms with Gasteiger partial charge >= 0.3 is 6.36 Å². The molecule has 0 radical (unpaired) electrons. The van der Waals surface area contributed by atoms with E-state index in [1.165, 1.54) is 12.1 Å². The Morgan fingerprint density at radius 1 is 1.23 bits per heavy atom. The summed E-state index contributed by atoms with van der Waals surface area (Å²) in [6, 6.07) is 8.16. The van der Waals surface area contributed by atoms with Gasteiger partial charge in [-0.1, -0.05) is 0 Å². The van der Waals surface area contributed by atoms with Crippen molar-refractivity contribution in [2.75, 3.05) is 30.4 Å². The van der Waals surface area contributed by atoms with Crippen molar-refractivity contribution in [3.05, 3.63) is 48.2 Å². The quantitative estimate of drug-likeness (QED) is 0.820. The lowest BCUT2D eigenvalue weighted by Crippen LogP contribution is -2.34. The topological polar surface area (TPSA) is 72.5 Å². The summed E-state index contributed by atoms with van der Waals surface area (Å²) < 4.78 is 45.4. The molecule has 2 N–H and O–H groups in total. The molecule has 1 aromatic heterocycles. The highest BCUT2D eigenvalue weighted by molar-refractivity contribution is 6.07. The smallest absolute Gasteiger partial charge is 0.406 e. The number of halogens is 3. The van der Waals surface area contributed by atoms with Gasteiger partial charge in [-0.05, 0) is 36.4 Å². The van der Waals surface area contributed by atoms with E-state index in [0.717, 1.165) is 12.1 Å². The number of pyridine rings is 1. The van der Waals surface area contributed by atoms with Gasteiger partial charge in [-0.15, -0.1) is 13.2 Å². The van der Waals surface area contributed by atoms with E-state index in [2.05, 4.69) is 20.4 Å². The molecule has 0 unspecified atom stereocenters. The molecule has 2 aromatic rings. The minimum absolute atomic E-state index is 0.336. The zero-order valence-corrected chi connectivity index (χ0v) is 13.5. The van der Waals surface area contributed by atoms with E-state index in [9.17, 15) is 18.0 Å². The van der Waals surface area contributed by atoms with Crippen LogP contribution in [0.4, 0.5) is 24.7 Å². The Morgan fingerprint density at radius 2 is 1.96 bits per heavy atom. The zero-order chi connectivity index (χ0) is 18.6. The van der Waals surface area contributed by atoms with Crippen LogP contribution in [0.25, 0.3) is 0 Å². The number of rotatable bonds is 6. The lowest BCUT2D eigenvalue weighted by molar-refractivity contribution is -0.274. The van der Waals surface area contributed by atoms with Crippen LogP contribution in [-0.2, 0) is 4.74 Å². The third-order valence-electron chi connectivity index (χ3n) is 3.66. The van der Waals surface area contributed by atoms with Gasteiger partial charge in [-0.2, -0.15) is 0 Å². The molecule has 1 amide bonds. The number of hydrogen-bond donors (Lipinski definition) is 2. The maximum absolute atomic E-state index is 12.4. The number of alkyl halides is 3. The van der Waals surface area contributed by atoms with Crippen molar-refractivity contribution in [3.8, 4) is 5.75 Å². The molecule has 3 rings (SSSR count). The van der Waals surface area contributed by atoms with Crippen LogP contribution in [0.15, 0.2) is 42.6 Å². The van der Waals surface area contributed by atoms with E-state index in [0.29, 0.717) is 42.7 Å². The van der Waals surface area contributed by atoms with Crippen LogP contribution in [0.3, 0.4) is 0 Å². The SMILES string of the molecule is O=C(Nc1ccc(OC(F)(F)F)cc1)c1cccnc1NCC1COC1. The fourth-order valence-corrected chi connectivity index (χ4v) is 2.31. The summed E-state index contributed by atoms with van der Waals surface area (Å²) in [5.74, 6) is 0.0416. The van der Waals surface area contributed by atoms with E-state index in [-0.39, 0.29) is 5.75 Å². The van der Waals surface area contributed by atoms with Crippen molar-refractivity contribution in [2.24, 2.45) is 5.92 Å². The second kappa shape index (κ2) is 7.61. The van der Waals surface area contributed by atoms with Crippen LogP contribution in [0.1, 0.15) is 10.4 Å². The van der Waals surface area contributed by atoms with Crippen LogP contribution in [-0.4, -0.2) is 37.0 Å². The number of ether oxygens (including phenoxy) is 2. The number of anilines is 2. The Balaban J connectivity index is 1.64. The van der Waals surface area contributed by atoms with Gasteiger partial charge in [0.15, 0.2) is 0 Å². The molecule has 1 aliphatic heterocycles. The van der Waals surface area contributed by atoms with Gasteiger partial charge in [0.05, 0.1) is 18.8 Å². The summed E-state index contributed by atoms with van der Waals surface area (Å²) in [4.78, 5) is 16.6. The minimum atomic E-state index is -4.76. The Labute approximate surface area is 147 Å². The van der Waals surface area contributed by atoms with E-state index in [1.807, 2.05) is 0 Å². The molecule has 9 heteroatoms. The van der Waals surface area contributed by atoms with Crippen LogP contribution in [0.5, 0.6) is 5.75 Å². The standard InChI is InChI=1S/C17H16F3N3O3/c18-17(19,20)26-13-5-3-12(4-6-13)23-16(24)14-2-1-7-21-15(14)22-8-11-9-25-10-11/h1-7,11H,8-10H2,(H,21,22)(H,23,24). The first-order valence-electron chi connectivity index (χ1n) is 7.84. The molecule has 0 saturated carbocycles. The van der Waals surface area contributed by atoms with Gasteiger partial charge in [0, 0.05) is 24.3 Å². The average molecular weight is 367 g/mol. The van der Waals surface area contributed by atoms with Crippen molar-refractivity contribution in [1.29, 1.82) is 0 Å². The number of nitrogens with one attached hydrogen (secondary N) is 2. The first-order chi connectivity index (χ1) is 12.4. The van der Waals surface area contributed by atoms with Crippen molar-refractivity contribution in [1.82, 2.24) is 4.98 Å². The van der Waals surface area contributed by atoms with Crippen LogP contribution < -0.4 is 15.4 Å². The van der Waals surface area contributed by atoms with E-state index < -0.39 is 12.3 Å². The summed E-state index contributed by atoms with van der Waals surface area (Å²) in [7, 11) is 0. The van der Waals surface area contributed by atoms with E-state index >= 15 is 0 Å². The molecule has 1 fully saturated rings. The van der Waals surface area contributed by atoms with Gasteiger partial charge in [0.2, 0.25) is 0 Å². The Morgan fingerprint density at radius 3 is 2.58 bits per heavy atom. The monoisotopic (exact) mass is 367 g/mol. The second-order valence-electron chi connectivity index (χ2n) is 5.71. The number of hydrogen-bond acceptors (Lipinski definition) is 5. The minimum Gasteiger partial charge on any atom is -0.406 e. The number of amides is 1. The molecule has 2 heterocycles. The lowest BCUT2D eigenvalue weighted by atomic mass is 10.1. The number of benzene rings is 1. The number of aromatic nitrogens is 1.